The third-order valence-electron chi connectivity index (χ3n) is 1.31. The maximum Gasteiger partial charge on any atom is 0.569 e. The molecular weight excluding hydrogens is 178 g/mol. The van der Waals surface area contributed by atoms with Gasteiger partial charge in [0.1, 0.15) is 5.75 Å². The summed E-state index contributed by atoms with van der Waals surface area (Å²) < 4.78 is 9.67. The summed E-state index contributed by atoms with van der Waals surface area (Å²) in [7, 11) is 2.06. The van der Waals surface area contributed by atoms with Gasteiger partial charge in [0.25, 0.3) is 0 Å². The highest BCUT2D eigenvalue weighted by Gasteiger charge is 2.07. The van der Waals surface area contributed by atoms with Crippen molar-refractivity contribution in [2.45, 2.75) is 0 Å². The van der Waals surface area contributed by atoms with Crippen LogP contribution in [0, 0.1) is 0 Å². The molecule has 1 aromatic rings. The fraction of sp³-hybridized carbons (Fsp3) is 0.143. The molecule has 0 heterocycles. The Labute approximate surface area is 76.2 Å². The van der Waals surface area contributed by atoms with E-state index in [9.17, 15) is 0 Å². The van der Waals surface area contributed by atoms with Gasteiger partial charge in [0.2, 0.25) is 0 Å². The zero-order chi connectivity index (χ0) is 8.97. The zero-order valence-electron chi connectivity index (χ0n) is 6.45. The lowest BCUT2D eigenvalue weighted by molar-refractivity contribution is 0.382. The molecule has 0 bridgehead atoms. The van der Waals surface area contributed by atoms with E-state index >= 15 is 0 Å². The van der Waals surface area contributed by atoms with E-state index in [1.165, 1.54) is 7.11 Å². The SMILES string of the molecule is COc1c(Cl)cccc1O[B]O. The molecule has 1 aromatic carbocycles. The van der Waals surface area contributed by atoms with Crippen LogP contribution in [0.2, 0.25) is 5.02 Å². The molecule has 0 fully saturated rings. The first kappa shape index (κ1) is 9.22. The molecule has 3 nitrogen and oxygen atoms in total. The van der Waals surface area contributed by atoms with E-state index in [2.05, 4.69) is 0 Å². The summed E-state index contributed by atoms with van der Waals surface area (Å²) in [5.41, 5.74) is 0. The smallest absolute Gasteiger partial charge is 0.535 e. The molecule has 0 aromatic heterocycles. The van der Waals surface area contributed by atoms with Crippen molar-refractivity contribution in [2.24, 2.45) is 0 Å². The number of ether oxygens (including phenoxy) is 1. The highest BCUT2D eigenvalue weighted by Crippen LogP contribution is 2.33. The minimum absolute atomic E-state index is 0.382. The van der Waals surface area contributed by atoms with E-state index in [1.807, 2.05) is 0 Å². The Morgan fingerprint density at radius 3 is 2.83 bits per heavy atom. The Bertz CT molecular complexity index is 267. The van der Waals surface area contributed by atoms with E-state index in [4.69, 9.17) is 26.0 Å². The second-order valence-corrected chi connectivity index (χ2v) is 2.40. The molecule has 1 rings (SSSR count). The van der Waals surface area contributed by atoms with Crippen LogP contribution < -0.4 is 9.39 Å². The highest BCUT2D eigenvalue weighted by molar-refractivity contribution is 6.32. The van der Waals surface area contributed by atoms with Crippen molar-refractivity contribution in [3.63, 3.8) is 0 Å². The largest absolute Gasteiger partial charge is 0.569 e. The average molecular weight is 185 g/mol. The van der Waals surface area contributed by atoms with Crippen LogP contribution in [0.25, 0.3) is 0 Å². The zero-order valence-corrected chi connectivity index (χ0v) is 7.21. The van der Waals surface area contributed by atoms with Gasteiger partial charge in [0, 0.05) is 0 Å². The standard InChI is InChI=1S/C7H7BClO3/c1-11-7-5(9)3-2-4-6(7)12-8-10/h2-4,10H,1H3. The van der Waals surface area contributed by atoms with E-state index < -0.39 is 0 Å². The Morgan fingerprint density at radius 2 is 2.25 bits per heavy atom. The van der Waals surface area contributed by atoms with Gasteiger partial charge in [0.05, 0.1) is 12.1 Å². The minimum Gasteiger partial charge on any atom is -0.535 e. The molecule has 0 aliphatic heterocycles. The van der Waals surface area contributed by atoms with Crippen molar-refractivity contribution in [3.05, 3.63) is 23.2 Å². The number of hydrogen-bond donors (Lipinski definition) is 1. The Kier molecular flexibility index (Phi) is 3.25. The van der Waals surface area contributed by atoms with Gasteiger partial charge in [-0.3, -0.25) is 0 Å². The first-order valence-electron chi connectivity index (χ1n) is 3.24. The molecule has 12 heavy (non-hydrogen) atoms. The summed E-state index contributed by atoms with van der Waals surface area (Å²) in [4.78, 5) is 0. The van der Waals surface area contributed by atoms with Crippen LogP contribution in [0.15, 0.2) is 18.2 Å². The van der Waals surface area contributed by atoms with Crippen molar-refractivity contribution in [1.29, 1.82) is 0 Å². The molecule has 0 saturated heterocycles. The second kappa shape index (κ2) is 4.23. The van der Waals surface area contributed by atoms with Crippen LogP contribution in [0.1, 0.15) is 0 Å². The molecule has 1 radical (unpaired) electrons. The molecule has 0 spiro atoms. The Hall–Kier alpha value is -0.865. The van der Waals surface area contributed by atoms with Gasteiger partial charge in [-0.1, -0.05) is 17.7 Å². The topological polar surface area (TPSA) is 38.7 Å². The third-order valence-corrected chi connectivity index (χ3v) is 1.61. The van der Waals surface area contributed by atoms with Crippen molar-refractivity contribution in [2.75, 3.05) is 7.11 Å². The fourth-order valence-electron chi connectivity index (χ4n) is 0.837. The lowest BCUT2D eigenvalue weighted by Gasteiger charge is -2.08. The quantitative estimate of drug-likeness (QED) is 0.721. The normalized spacial score (nSPS) is 9.25. The molecule has 0 aliphatic carbocycles. The molecule has 5 heteroatoms. The maximum atomic E-state index is 8.38. The molecule has 1 N–H and O–H groups in total. The van der Waals surface area contributed by atoms with Gasteiger partial charge in [-0.25, -0.2) is 0 Å². The van der Waals surface area contributed by atoms with E-state index in [-0.39, 0.29) is 0 Å². The lowest BCUT2D eigenvalue weighted by Crippen LogP contribution is -2.01. The first-order chi connectivity index (χ1) is 5.79. The van der Waals surface area contributed by atoms with Gasteiger partial charge in [-0.2, -0.15) is 0 Å². The lowest BCUT2D eigenvalue weighted by atomic mass is 10.3. The molecular formula is C7H7BClO3. The molecule has 0 amide bonds. The summed E-state index contributed by atoms with van der Waals surface area (Å²) in [6.45, 7) is 0. The summed E-state index contributed by atoms with van der Waals surface area (Å²) in [6.07, 6.45) is 0. The van der Waals surface area contributed by atoms with Gasteiger partial charge in [-0.05, 0) is 12.1 Å². The predicted molar refractivity (Wildman–Crippen MR) is 46.6 cm³/mol. The number of para-hydroxylation sites is 1. The second-order valence-electron chi connectivity index (χ2n) is 1.99. The van der Waals surface area contributed by atoms with E-state index in [1.54, 1.807) is 18.2 Å². The Balaban J connectivity index is 3.00. The van der Waals surface area contributed by atoms with Crippen LogP contribution in [-0.4, -0.2) is 19.8 Å². The number of halogens is 1. The van der Waals surface area contributed by atoms with Crippen LogP contribution in [0.4, 0.5) is 0 Å². The van der Waals surface area contributed by atoms with Crippen LogP contribution in [-0.2, 0) is 0 Å². The predicted octanol–water partition coefficient (Wildman–Crippen LogP) is 1.25. The van der Waals surface area contributed by atoms with Crippen molar-refractivity contribution >= 4 is 19.3 Å². The minimum atomic E-state index is 0.382. The van der Waals surface area contributed by atoms with Crippen LogP contribution >= 0.6 is 11.6 Å². The maximum absolute atomic E-state index is 8.38. The van der Waals surface area contributed by atoms with Gasteiger partial charge < -0.3 is 14.4 Å². The number of methoxy groups -OCH3 is 1. The first-order valence-corrected chi connectivity index (χ1v) is 3.62. The van der Waals surface area contributed by atoms with Crippen molar-refractivity contribution in [3.8, 4) is 11.5 Å². The molecule has 0 atom stereocenters. The van der Waals surface area contributed by atoms with Crippen molar-refractivity contribution in [1.82, 2.24) is 0 Å². The summed E-state index contributed by atoms with van der Waals surface area (Å²) in [5, 5.41) is 8.83. The summed E-state index contributed by atoms with van der Waals surface area (Å²) >= 11 is 5.76. The van der Waals surface area contributed by atoms with Crippen LogP contribution in [0.3, 0.4) is 0 Å². The fourth-order valence-corrected chi connectivity index (χ4v) is 1.08. The summed E-state index contributed by atoms with van der Waals surface area (Å²) in [5.74, 6) is 0.789. The molecule has 0 aliphatic rings. The highest BCUT2D eigenvalue weighted by atomic mass is 35.5. The van der Waals surface area contributed by atoms with E-state index in [0.29, 0.717) is 24.2 Å². The number of benzene rings is 1. The molecule has 0 saturated carbocycles. The Morgan fingerprint density at radius 1 is 1.50 bits per heavy atom. The monoisotopic (exact) mass is 185 g/mol. The molecule has 0 unspecified atom stereocenters. The van der Waals surface area contributed by atoms with E-state index in [0.717, 1.165) is 0 Å². The van der Waals surface area contributed by atoms with Gasteiger partial charge in [0.15, 0.2) is 5.75 Å². The summed E-state index contributed by atoms with van der Waals surface area (Å²) in [6, 6.07) is 5.01. The average Bonchev–Trinajstić information content (AvgIpc) is 2.05. The van der Waals surface area contributed by atoms with Crippen LogP contribution in [0.5, 0.6) is 11.5 Å². The third kappa shape index (κ3) is 1.84. The number of hydrogen-bond acceptors (Lipinski definition) is 3. The van der Waals surface area contributed by atoms with Gasteiger partial charge in [-0.15, -0.1) is 0 Å². The molecule has 63 valence electrons. The van der Waals surface area contributed by atoms with Gasteiger partial charge >= 0.3 is 7.69 Å². The number of rotatable bonds is 3. The van der Waals surface area contributed by atoms with Crippen molar-refractivity contribution < 1.29 is 14.4 Å².